The van der Waals surface area contributed by atoms with Gasteiger partial charge in [-0.05, 0) is 46.7 Å². The molecule has 0 spiro atoms. The molecule has 1 aromatic heterocycles. The number of aromatic hydroxyl groups is 2. The highest BCUT2D eigenvalue weighted by Crippen LogP contribution is 2.25. The maximum absolute atomic E-state index is 9.65. The van der Waals surface area contributed by atoms with Crippen LogP contribution in [0.4, 0.5) is 23.5 Å². The van der Waals surface area contributed by atoms with Crippen LogP contribution in [0.2, 0.25) is 0 Å². The lowest BCUT2D eigenvalue weighted by atomic mass is 10.1. The van der Waals surface area contributed by atoms with Gasteiger partial charge in [0.1, 0.15) is 0 Å². The van der Waals surface area contributed by atoms with Gasteiger partial charge in [0.2, 0.25) is 17.8 Å². The maximum atomic E-state index is 9.65. The van der Waals surface area contributed by atoms with Gasteiger partial charge in [0.05, 0.1) is 19.4 Å². The van der Waals surface area contributed by atoms with Gasteiger partial charge >= 0.3 is 0 Å². The van der Waals surface area contributed by atoms with Crippen LogP contribution in [0.25, 0.3) is 10.8 Å². The Morgan fingerprint density at radius 2 is 1.65 bits per heavy atom. The van der Waals surface area contributed by atoms with E-state index in [0.717, 1.165) is 16.5 Å². The van der Waals surface area contributed by atoms with E-state index in [9.17, 15) is 10.2 Å². The summed E-state index contributed by atoms with van der Waals surface area (Å²) in [4.78, 5) is 15.6. The van der Waals surface area contributed by atoms with E-state index in [1.54, 1.807) is 6.07 Å². The van der Waals surface area contributed by atoms with Gasteiger partial charge in [-0.15, -0.1) is 0 Å². The monoisotopic (exact) mass is 457 g/mol. The van der Waals surface area contributed by atoms with Crippen molar-refractivity contribution < 1.29 is 14.9 Å². The fourth-order valence-electron chi connectivity index (χ4n) is 3.56. The predicted octanol–water partition coefficient (Wildman–Crippen LogP) is 3.46. The number of hydrogen-bond donors (Lipinski definition) is 4. The average Bonchev–Trinajstić information content (AvgIpc) is 2.86. The number of ether oxygens (including phenoxy) is 1. The Balaban J connectivity index is 1.41. The zero-order valence-electron chi connectivity index (χ0n) is 18.2. The summed E-state index contributed by atoms with van der Waals surface area (Å²) in [5.74, 6) is 0.745. The summed E-state index contributed by atoms with van der Waals surface area (Å²) in [7, 11) is 0. The maximum Gasteiger partial charge on any atom is 0.250 e. The quantitative estimate of drug-likeness (QED) is 0.195. The van der Waals surface area contributed by atoms with Crippen molar-refractivity contribution in [2.45, 2.75) is 0 Å². The molecule has 1 aliphatic heterocycles. The summed E-state index contributed by atoms with van der Waals surface area (Å²) in [6.45, 7) is 2.55. The first kappa shape index (κ1) is 21.4. The molecule has 5 rings (SSSR count). The third-order valence-corrected chi connectivity index (χ3v) is 5.30. The Bertz CT molecular complexity index is 1340. The topological polar surface area (TPSA) is 128 Å². The minimum Gasteiger partial charge on any atom is -0.504 e. The van der Waals surface area contributed by atoms with Gasteiger partial charge in [0, 0.05) is 18.8 Å². The van der Waals surface area contributed by atoms with Gasteiger partial charge in [0.25, 0.3) is 0 Å². The molecule has 0 amide bonds. The summed E-state index contributed by atoms with van der Waals surface area (Å²) in [5.41, 5.74) is 4.28. The zero-order chi connectivity index (χ0) is 23.3. The van der Waals surface area contributed by atoms with Crippen LogP contribution in [-0.2, 0) is 4.74 Å². The third-order valence-electron chi connectivity index (χ3n) is 5.30. The number of nitrogens with zero attached hydrogens (tertiary/aromatic N) is 5. The Morgan fingerprint density at radius 3 is 2.47 bits per heavy atom. The molecule has 0 saturated carbocycles. The summed E-state index contributed by atoms with van der Waals surface area (Å²) < 4.78 is 5.44. The van der Waals surface area contributed by atoms with Crippen LogP contribution in [0.5, 0.6) is 11.5 Å². The first-order valence-electron chi connectivity index (χ1n) is 10.8. The molecule has 1 saturated heterocycles. The van der Waals surface area contributed by atoms with E-state index >= 15 is 0 Å². The minimum absolute atomic E-state index is 0.192. The molecule has 3 aromatic carbocycles. The number of morpholine rings is 1. The molecule has 172 valence electrons. The van der Waals surface area contributed by atoms with Gasteiger partial charge in [-0.2, -0.15) is 20.1 Å². The molecule has 0 radical (unpaired) electrons. The molecule has 34 heavy (non-hydrogen) atoms. The van der Waals surface area contributed by atoms with Crippen molar-refractivity contribution in [3.63, 3.8) is 0 Å². The van der Waals surface area contributed by atoms with Gasteiger partial charge in [-0.3, -0.25) is 0 Å². The summed E-state index contributed by atoms with van der Waals surface area (Å²) >= 11 is 0. The van der Waals surface area contributed by atoms with E-state index < -0.39 is 0 Å². The van der Waals surface area contributed by atoms with Gasteiger partial charge in [0.15, 0.2) is 11.5 Å². The number of hydrazone groups is 1. The van der Waals surface area contributed by atoms with E-state index in [1.807, 2.05) is 35.2 Å². The van der Waals surface area contributed by atoms with E-state index in [1.165, 1.54) is 18.3 Å². The number of anilines is 4. The zero-order valence-corrected chi connectivity index (χ0v) is 18.2. The second-order valence-electron chi connectivity index (χ2n) is 7.69. The van der Waals surface area contributed by atoms with Gasteiger partial charge < -0.3 is 25.2 Å². The van der Waals surface area contributed by atoms with Crippen LogP contribution < -0.4 is 15.6 Å². The fourth-order valence-corrected chi connectivity index (χ4v) is 3.56. The first-order chi connectivity index (χ1) is 16.6. The molecule has 2 heterocycles. The van der Waals surface area contributed by atoms with Crippen molar-refractivity contribution in [2.75, 3.05) is 41.9 Å². The number of aromatic nitrogens is 3. The number of benzene rings is 3. The van der Waals surface area contributed by atoms with Gasteiger partial charge in [-0.25, -0.2) is 5.43 Å². The Hall–Kier alpha value is -4.44. The Kier molecular flexibility index (Phi) is 6.04. The highest BCUT2D eigenvalue weighted by Gasteiger charge is 2.17. The normalized spacial score (nSPS) is 13.9. The number of hydrogen-bond acceptors (Lipinski definition) is 10. The Morgan fingerprint density at radius 1 is 0.853 bits per heavy atom. The molecule has 10 heteroatoms. The lowest BCUT2D eigenvalue weighted by Gasteiger charge is -2.27. The van der Waals surface area contributed by atoms with E-state index in [4.69, 9.17) is 4.74 Å². The van der Waals surface area contributed by atoms with Gasteiger partial charge in [-0.1, -0.05) is 30.3 Å². The average molecular weight is 457 g/mol. The van der Waals surface area contributed by atoms with Crippen LogP contribution in [0, 0.1) is 0 Å². The molecule has 4 aromatic rings. The second-order valence-corrected chi connectivity index (χ2v) is 7.69. The number of rotatable bonds is 6. The van der Waals surface area contributed by atoms with Crippen molar-refractivity contribution in [3.8, 4) is 11.5 Å². The number of fused-ring (bicyclic) bond motifs is 1. The summed E-state index contributed by atoms with van der Waals surface area (Å²) in [6.07, 6.45) is 1.49. The molecule has 0 aliphatic carbocycles. The molecular weight excluding hydrogens is 434 g/mol. The van der Waals surface area contributed by atoms with E-state index in [0.29, 0.717) is 43.8 Å². The first-order valence-corrected chi connectivity index (χ1v) is 10.8. The number of phenols is 2. The SMILES string of the molecule is Oc1ccc(/C=N/Nc2nc(Nc3ccc4ccccc4c3)nc(N3CCOCC3)n2)cc1O. The van der Waals surface area contributed by atoms with Crippen LogP contribution in [0.15, 0.2) is 65.8 Å². The number of nitrogens with one attached hydrogen (secondary N) is 2. The third kappa shape index (κ3) is 4.97. The number of phenolic OH excluding ortho intramolecular Hbond substituents is 2. The second kappa shape index (κ2) is 9.59. The molecule has 1 aliphatic rings. The van der Waals surface area contributed by atoms with E-state index in [-0.39, 0.29) is 17.4 Å². The predicted molar refractivity (Wildman–Crippen MR) is 131 cm³/mol. The van der Waals surface area contributed by atoms with Crippen molar-refractivity contribution in [1.82, 2.24) is 15.0 Å². The van der Waals surface area contributed by atoms with Crippen LogP contribution in [-0.4, -0.2) is 57.7 Å². The molecule has 10 nitrogen and oxygen atoms in total. The summed E-state index contributed by atoms with van der Waals surface area (Å²) in [5, 5.41) is 28.8. The molecule has 0 atom stereocenters. The van der Waals surface area contributed by atoms with Crippen molar-refractivity contribution in [3.05, 3.63) is 66.2 Å². The van der Waals surface area contributed by atoms with Crippen LogP contribution >= 0.6 is 0 Å². The van der Waals surface area contributed by atoms with Crippen molar-refractivity contribution in [2.24, 2.45) is 5.10 Å². The molecule has 4 N–H and O–H groups in total. The molecule has 0 unspecified atom stereocenters. The molecule has 0 bridgehead atoms. The Labute approximate surface area is 195 Å². The molecular formula is C24H23N7O3. The fraction of sp³-hybridized carbons (Fsp3) is 0.167. The standard InChI is InChI=1S/C24H23N7O3/c32-20-8-5-16(13-21(20)33)15-25-30-23-27-22(28-24(29-23)31-9-11-34-12-10-31)26-19-7-6-17-3-1-2-4-18(17)14-19/h1-8,13-15,32-33H,9-12H2,(H2,26,27,28,29,30)/b25-15+. The highest BCUT2D eigenvalue weighted by molar-refractivity contribution is 5.86. The largest absolute Gasteiger partial charge is 0.504 e. The van der Waals surface area contributed by atoms with E-state index in [2.05, 4.69) is 42.9 Å². The highest BCUT2D eigenvalue weighted by atomic mass is 16.5. The smallest absolute Gasteiger partial charge is 0.250 e. The van der Waals surface area contributed by atoms with Crippen molar-refractivity contribution >= 4 is 40.5 Å². The van der Waals surface area contributed by atoms with Crippen LogP contribution in [0.1, 0.15) is 5.56 Å². The minimum atomic E-state index is -0.222. The van der Waals surface area contributed by atoms with Crippen molar-refractivity contribution in [1.29, 1.82) is 0 Å². The van der Waals surface area contributed by atoms with Crippen LogP contribution in [0.3, 0.4) is 0 Å². The molecule has 1 fully saturated rings. The summed E-state index contributed by atoms with van der Waals surface area (Å²) in [6, 6.07) is 18.6. The lowest BCUT2D eigenvalue weighted by molar-refractivity contribution is 0.122. The lowest BCUT2D eigenvalue weighted by Crippen LogP contribution is -2.37.